The molecular weight excluding hydrogens is 522 g/mol. The van der Waals surface area contributed by atoms with Crippen LogP contribution in [0.4, 0.5) is 0 Å². The van der Waals surface area contributed by atoms with Crippen molar-refractivity contribution in [2.24, 2.45) is 11.3 Å². The molecule has 2 aliphatic heterocycles. The summed E-state index contributed by atoms with van der Waals surface area (Å²) in [5.41, 5.74) is 5.30. The topological polar surface area (TPSA) is 130 Å². The van der Waals surface area contributed by atoms with Crippen LogP contribution in [0.5, 0.6) is 0 Å². The van der Waals surface area contributed by atoms with Gasteiger partial charge in [-0.3, -0.25) is 24.2 Å². The van der Waals surface area contributed by atoms with E-state index in [1.54, 1.807) is 33.8 Å². The SMILES string of the molecule is Cc1cc2cc3nc(ccc13)[C@@H](C)OC(=O)C1CCCN(N1)C(=O)[C@H](C)NC(=O)[C@H](C(C)C)NC(=O)C(C)(C)C=C2. The summed E-state index contributed by atoms with van der Waals surface area (Å²) in [6, 6.07) is 5.34. The van der Waals surface area contributed by atoms with Crippen molar-refractivity contribution in [3.8, 4) is 0 Å². The minimum absolute atomic E-state index is 0.222. The van der Waals surface area contributed by atoms with E-state index in [2.05, 4.69) is 16.1 Å². The average Bonchev–Trinajstić information content (AvgIpc) is 2.93. The van der Waals surface area contributed by atoms with E-state index in [9.17, 15) is 19.2 Å². The number of hydrogen-bond acceptors (Lipinski definition) is 7. The van der Waals surface area contributed by atoms with Crippen LogP contribution in [0.15, 0.2) is 30.3 Å². The molecule has 3 heterocycles. The molecule has 1 fully saturated rings. The Labute approximate surface area is 241 Å². The number of nitrogens with zero attached hydrogens (tertiary/aromatic N) is 2. The van der Waals surface area contributed by atoms with E-state index in [1.165, 1.54) is 5.01 Å². The first-order valence-electron chi connectivity index (χ1n) is 14.3. The Morgan fingerprint density at radius 1 is 1.07 bits per heavy atom. The van der Waals surface area contributed by atoms with Gasteiger partial charge >= 0.3 is 5.97 Å². The molecule has 2 aromatic rings. The predicted molar refractivity (Wildman–Crippen MR) is 156 cm³/mol. The van der Waals surface area contributed by atoms with Crippen LogP contribution in [0.25, 0.3) is 17.0 Å². The molecule has 1 unspecified atom stereocenters. The van der Waals surface area contributed by atoms with Gasteiger partial charge in [0.2, 0.25) is 11.8 Å². The quantitative estimate of drug-likeness (QED) is 0.454. The zero-order valence-corrected chi connectivity index (χ0v) is 24.9. The van der Waals surface area contributed by atoms with Gasteiger partial charge in [-0.15, -0.1) is 0 Å². The minimum atomic E-state index is -0.929. The number of pyridine rings is 1. The molecule has 1 aromatic heterocycles. The number of hydrogen-bond donors (Lipinski definition) is 3. The fourth-order valence-electron chi connectivity index (χ4n) is 5.06. The van der Waals surface area contributed by atoms with E-state index in [-0.39, 0.29) is 17.7 Å². The average molecular weight is 564 g/mol. The van der Waals surface area contributed by atoms with Crippen molar-refractivity contribution in [3.63, 3.8) is 0 Å². The third kappa shape index (κ3) is 6.75. The lowest BCUT2D eigenvalue weighted by Gasteiger charge is -2.35. The van der Waals surface area contributed by atoms with E-state index < -0.39 is 41.5 Å². The Bertz CT molecular complexity index is 1380. The summed E-state index contributed by atoms with van der Waals surface area (Å²) in [6.07, 6.45) is 4.17. The number of aromatic nitrogens is 1. The van der Waals surface area contributed by atoms with Crippen molar-refractivity contribution in [2.75, 3.05) is 6.54 Å². The molecular formula is C31H41N5O5. The Hall–Kier alpha value is -3.79. The number of nitrogens with one attached hydrogen (secondary N) is 3. The molecule has 0 saturated carbocycles. The normalized spacial score (nSPS) is 26.1. The number of rotatable bonds is 1. The van der Waals surface area contributed by atoms with E-state index >= 15 is 0 Å². The second-order valence-corrected chi connectivity index (χ2v) is 12.0. The fourth-order valence-corrected chi connectivity index (χ4v) is 5.06. The van der Waals surface area contributed by atoms with Gasteiger partial charge in [0.05, 0.1) is 16.6 Å². The number of carbonyl (C=O) groups is 4. The largest absolute Gasteiger partial charge is 0.455 e. The highest BCUT2D eigenvalue weighted by molar-refractivity contribution is 5.94. The molecule has 1 aromatic carbocycles. The van der Waals surface area contributed by atoms with Crippen molar-refractivity contribution in [1.82, 2.24) is 26.1 Å². The van der Waals surface area contributed by atoms with Crippen LogP contribution < -0.4 is 16.1 Å². The number of fused-ring (bicyclic) bond motifs is 4. The summed E-state index contributed by atoms with van der Waals surface area (Å²) < 4.78 is 5.78. The zero-order chi connectivity index (χ0) is 30.1. The number of carbonyl (C=O) groups excluding carboxylic acids is 4. The van der Waals surface area contributed by atoms with Gasteiger partial charge < -0.3 is 15.4 Å². The highest BCUT2D eigenvalue weighted by Crippen LogP contribution is 2.26. The summed E-state index contributed by atoms with van der Waals surface area (Å²) in [5.74, 6) is -1.84. The zero-order valence-electron chi connectivity index (χ0n) is 24.9. The Kier molecular flexibility index (Phi) is 8.82. The van der Waals surface area contributed by atoms with Crippen LogP contribution >= 0.6 is 0 Å². The summed E-state index contributed by atoms with van der Waals surface area (Å²) >= 11 is 0. The summed E-state index contributed by atoms with van der Waals surface area (Å²) in [6.45, 7) is 13.0. The molecule has 1 saturated heterocycles. The van der Waals surface area contributed by atoms with Gasteiger partial charge in [0.25, 0.3) is 5.91 Å². The number of ether oxygens (including phenoxy) is 1. The Morgan fingerprint density at radius 2 is 1.80 bits per heavy atom. The molecule has 5 bridgehead atoms. The van der Waals surface area contributed by atoms with Crippen molar-refractivity contribution < 1.29 is 23.9 Å². The third-order valence-electron chi connectivity index (χ3n) is 7.75. The van der Waals surface area contributed by atoms with Gasteiger partial charge in [0, 0.05) is 11.9 Å². The summed E-state index contributed by atoms with van der Waals surface area (Å²) in [7, 11) is 0. The number of esters is 1. The minimum Gasteiger partial charge on any atom is -0.455 e. The van der Waals surface area contributed by atoms with Crippen LogP contribution in [0, 0.1) is 18.3 Å². The molecule has 0 spiro atoms. The number of aryl methyl sites for hydroxylation is 1. The molecule has 3 amide bonds. The van der Waals surface area contributed by atoms with E-state index in [1.807, 2.05) is 51.1 Å². The molecule has 10 nitrogen and oxygen atoms in total. The van der Waals surface area contributed by atoms with Gasteiger partial charge in [-0.1, -0.05) is 38.1 Å². The second-order valence-electron chi connectivity index (χ2n) is 12.0. The standard InChI is InChI=1S/C31H41N5O5/c1-17(2)26-27(37)32-19(4)28(38)36-14-8-9-24(35-36)29(39)41-20(5)23-11-10-22-18(3)15-21(16-25(22)33-23)12-13-31(6,7)30(40)34-26/h10-13,15-17,19-20,24,26,35H,8-9,14H2,1-7H3,(H,32,37)(H,34,40)/t19-,20+,24?,26-/m0/s1. The third-order valence-corrected chi connectivity index (χ3v) is 7.75. The van der Waals surface area contributed by atoms with Crippen molar-refractivity contribution in [2.45, 2.75) is 85.5 Å². The van der Waals surface area contributed by atoms with Crippen LogP contribution in [0.2, 0.25) is 0 Å². The summed E-state index contributed by atoms with van der Waals surface area (Å²) in [5, 5.41) is 7.97. The maximum absolute atomic E-state index is 13.4. The molecule has 41 heavy (non-hydrogen) atoms. The maximum Gasteiger partial charge on any atom is 0.325 e. The monoisotopic (exact) mass is 563 g/mol. The highest BCUT2D eigenvalue weighted by Gasteiger charge is 2.35. The lowest BCUT2D eigenvalue weighted by Crippen LogP contribution is -2.61. The number of amides is 3. The molecule has 4 atom stereocenters. The second kappa shape index (κ2) is 12.0. The highest BCUT2D eigenvalue weighted by atomic mass is 16.5. The molecule has 0 aliphatic carbocycles. The smallest absolute Gasteiger partial charge is 0.325 e. The van der Waals surface area contributed by atoms with E-state index in [0.29, 0.717) is 25.1 Å². The molecule has 4 rings (SSSR count). The first-order chi connectivity index (χ1) is 19.3. The van der Waals surface area contributed by atoms with Gasteiger partial charge in [-0.05, 0) is 76.6 Å². The molecule has 2 aliphatic rings. The van der Waals surface area contributed by atoms with Gasteiger partial charge in [-0.2, -0.15) is 0 Å². The van der Waals surface area contributed by atoms with Gasteiger partial charge in [0.15, 0.2) is 0 Å². The number of benzene rings is 1. The molecule has 10 heteroatoms. The summed E-state index contributed by atoms with van der Waals surface area (Å²) in [4.78, 5) is 57.7. The van der Waals surface area contributed by atoms with Crippen molar-refractivity contribution in [1.29, 1.82) is 0 Å². The molecule has 0 radical (unpaired) electrons. The van der Waals surface area contributed by atoms with Gasteiger partial charge in [0.1, 0.15) is 24.2 Å². The van der Waals surface area contributed by atoms with Crippen LogP contribution in [0.1, 0.15) is 77.3 Å². The van der Waals surface area contributed by atoms with Crippen LogP contribution in [0.3, 0.4) is 0 Å². The number of hydrazine groups is 1. The Morgan fingerprint density at radius 3 is 2.51 bits per heavy atom. The van der Waals surface area contributed by atoms with Crippen molar-refractivity contribution in [3.05, 3.63) is 47.2 Å². The predicted octanol–water partition coefficient (Wildman–Crippen LogP) is 3.34. The van der Waals surface area contributed by atoms with E-state index in [0.717, 1.165) is 22.0 Å². The van der Waals surface area contributed by atoms with Crippen LogP contribution in [-0.4, -0.2) is 58.4 Å². The Balaban J connectivity index is 1.73. The number of cyclic esters (lactones) is 1. The molecule has 3 N–H and O–H groups in total. The van der Waals surface area contributed by atoms with Crippen molar-refractivity contribution >= 4 is 40.7 Å². The lowest BCUT2D eigenvalue weighted by atomic mass is 9.89. The maximum atomic E-state index is 13.4. The first-order valence-corrected chi connectivity index (χ1v) is 14.3. The van der Waals surface area contributed by atoms with Crippen LogP contribution in [-0.2, 0) is 23.9 Å². The molecule has 220 valence electrons. The van der Waals surface area contributed by atoms with E-state index in [4.69, 9.17) is 9.72 Å². The first kappa shape index (κ1) is 30.2. The fraction of sp³-hybridized carbons (Fsp3) is 0.516. The lowest BCUT2D eigenvalue weighted by molar-refractivity contribution is -0.157. The van der Waals surface area contributed by atoms with Gasteiger partial charge in [-0.25, -0.2) is 10.4 Å².